The third kappa shape index (κ3) is 14.8. The maximum absolute atomic E-state index is 12.6. The molecule has 0 fully saturated rings. The van der Waals surface area contributed by atoms with Crippen molar-refractivity contribution in [2.45, 2.75) is 84.3 Å². The number of urea groups is 1. The molecule has 0 heterocycles. The summed E-state index contributed by atoms with van der Waals surface area (Å²) in [7, 11) is 0. The third-order valence-electron chi connectivity index (χ3n) is 5.18. The predicted octanol–water partition coefficient (Wildman–Crippen LogP) is 4.25. The number of ether oxygens (including phenoxy) is 1. The van der Waals surface area contributed by atoms with Gasteiger partial charge in [0.25, 0.3) is 0 Å². The number of carbonyl (C=O) groups excluding carboxylic acids is 3. The molecule has 4 amide bonds. The van der Waals surface area contributed by atoms with Crippen molar-refractivity contribution in [3.05, 3.63) is 35.9 Å². The summed E-state index contributed by atoms with van der Waals surface area (Å²) in [6.45, 7) is 5.45. The lowest BCUT2D eigenvalue weighted by atomic mass is 10.1. The number of nitrogens with one attached hydrogen (secondary N) is 4. The minimum absolute atomic E-state index is 0.0572. The summed E-state index contributed by atoms with van der Waals surface area (Å²) in [6, 6.07) is 8.02. The Kier molecular flexibility index (Phi) is 16.1. The van der Waals surface area contributed by atoms with Crippen molar-refractivity contribution in [2.75, 3.05) is 19.6 Å². The van der Waals surface area contributed by atoms with E-state index in [1.807, 2.05) is 30.3 Å². The van der Waals surface area contributed by atoms with Crippen LogP contribution in [-0.2, 0) is 16.1 Å². The number of rotatable bonds is 17. The molecule has 1 aromatic rings. The van der Waals surface area contributed by atoms with Crippen molar-refractivity contribution in [1.82, 2.24) is 21.3 Å². The molecule has 33 heavy (non-hydrogen) atoms. The van der Waals surface area contributed by atoms with Crippen LogP contribution in [0.4, 0.5) is 9.59 Å². The van der Waals surface area contributed by atoms with Gasteiger partial charge in [0, 0.05) is 13.1 Å². The second-order valence-electron chi connectivity index (χ2n) is 8.16. The highest BCUT2D eigenvalue weighted by Gasteiger charge is 2.21. The molecule has 0 radical (unpaired) electrons. The minimum Gasteiger partial charge on any atom is -0.445 e. The standard InChI is InChI=1S/C25H42N4O4/c1-3-5-7-9-14-18-27-24(31)29-22(23(30)26-17-13-8-6-4-2)19-28-25(32)33-20-21-15-11-10-12-16-21/h10-12,15-16,22H,3-9,13-14,17-20H2,1-2H3,(H,26,30)(H,28,32)(H2,27,29,31)/t22-/m0/s1. The molecule has 0 saturated heterocycles. The first-order valence-corrected chi connectivity index (χ1v) is 12.3. The summed E-state index contributed by atoms with van der Waals surface area (Å²) in [4.78, 5) is 36.9. The highest BCUT2D eigenvalue weighted by molar-refractivity contribution is 5.87. The minimum atomic E-state index is -0.888. The van der Waals surface area contributed by atoms with Gasteiger partial charge in [0.1, 0.15) is 12.6 Å². The highest BCUT2D eigenvalue weighted by atomic mass is 16.5. The van der Waals surface area contributed by atoms with Gasteiger partial charge in [-0.05, 0) is 18.4 Å². The molecule has 186 valence electrons. The molecule has 0 bridgehead atoms. The van der Waals surface area contributed by atoms with E-state index in [0.29, 0.717) is 13.1 Å². The quantitative estimate of drug-likeness (QED) is 0.260. The fourth-order valence-electron chi connectivity index (χ4n) is 3.20. The number of amides is 4. The molecule has 0 unspecified atom stereocenters. The Hall–Kier alpha value is -2.77. The fraction of sp³-hybridized carbons (Fsp3) is 0.640. The fourth-order valence-corrected chi connectivity index (χ4v) is 3.20. The van der Waals surface area contributed by atoms with Crippen molar-refractivity contribution < 1.29 is 19.1 Å². The third-order valence-corrected chi connectivity index (χ3v) is 5.18. The number of benzene rings is 1. The zero-order chi connectivity index (χ0) is 24.2. The van der Waals surface area contributed by atoms with E-state index in [1.165, 1.54) is 12.8 Å². The molecule has 0 aliphatic heterocycles. The Bertz CT molecular complexity index is 670. The first-order chi connectivity index (χ1) is 16.1. The Balaban J connectivity index is 2.45. The summed E-state index contributed by atoms with van der Waals surface area (Å²) >= 11 is 0. The lowest BCUT2D eigenvalue weighted by molar-refractivity contribution is -0.122. The Morgan fingerprint density at radius 3 is 2.06 bits per heavy atom. The predicted molar refractivity (Wildman–Crippen MR) is 131 cm³/mol. The van der Waals surface area contributed by atoms with Gasteiger partial charge in [-0.3, -0.25) is 4.79 Å². The molecule has 0 aliphatic carbocycles. The van der Waals surface area contributed by atoms with Crippen LogP contribution in [0.3, 0.4) is 0 Å². The van der Waals surface area contributed by atoms with Crippen molar-refractivity contribution in [3.8, 4) is 0 Å². The lowest BCUT2D eigenvalue weighted by Crippen LogP contribution is -2.55. The first-order valence-electron chi connectivity index (χ1n) is 12.3. The van der Waals surface area contributed by atoms with E-state index in [1.54, 1.807) is 0 Å². The molecular weight excluding hydrogens is 420 g/mol. The van der Waals surface area contributed by atoms with Crippen molar-refractivity contribution in [3.63, 3.8) is 0 Å². The molecule has 4 N–H and O–H groups in total. The molecule has 1 rings (SSSR count). The second-order valence-corrected chi connectivity index (χ2v) is 8.16. The van der Waals surface area contributed by atoms with E-state index in [9.17, 15) is 14.4 Å². The van der Waals surface area contributed by atoms with Gasteiger partial charge < -0.3 is 26.0 Å². The monoisotopic (exact) mass is 462 g/mol. The molecular formula is C25H42N4O4. The van der Waals surface area contributed by atoms with Gasteiger partial charge in [-0.2, -0.15) is 0 Å². The van der Waals surface area contributed by atoms with Crippen LogP contribution in [0, 0.1) is 0 Å². The van der Waals surface area contributed by atoms with Gasteiger partial charge in [0.2, 0.25) is 5.91 Å². The smallest absolute Gasteiger partial charge is 0.407 e. The number of alkyl carbamates (subject to hydrolysis) is 1. The summed E-state index contributed by atoms with van der Waals surface area (Å²) in [5, 5.41) is 10.9. The Labute approximate surface area is 198 Å². The summed E-state index contributed by atoms with van der Waals surface area (Å²) in [5.41, 5.74) is 0.866. The topological polar surface area (TPSA) is 109 Å². The highest BCUT2D eigenvalue weighted by Crippen LogP contribution is 2.02. The van der Waals surface area contributed by atoms with Gasteiger partial charge in [-0.25, -0.2) is 9.59 Å². The van der Waals surface area contributed by atoms with Crippen LogP contribution >= 0.6 is 0 Å². The lowest BCUT2D eigenvalue weighted by Gasteiger charge is -2.19. The van der Waals surface area contributed by atoms with E-state index in [0.717, 1.165) is 50.5 Å². The molecule has 1 atom stereocenters. The van der Waals surface area contributed by atoms with E-state index in [2.05, 4.69) is 35.1 Å². The average molecular weight is 463 g/mol. The first kappa shape index (κ1) is 28.3. The van der Waals surface area contributed by atoms with E-state index < -0.39 is 18.2 Å². The molecule has 8 nitrogen and oxygen atoms in total. The maximum atomic E-state index is 12.6. The zero-order valence-electron chi connectivity index (χ0n) is 20.3. The largest absolute Gasteiger partial charge is 0.445 e. The van der Waals surface area contributed by atoms with Crippen molar-refractivity contribution in [1.29, 1.82) is 0 Å². The van der Waals surface area contributed by atoms with Crippen LogP contribution in [-0.4, -0.2) is 43.7 Å². The second kappa shape index (κ2) is 18.8. The molecule has 0 aliphatic rings. The van der Waals surface area contributed by atoms with Crippen molar-refractivity contribution in [2.24, 2.45) is 0 Å². The normalized spacial score (nSPS) is 11.3. The molecule has 0 saturated carbocycles. The van der Waals surface area contributed by atoms with Crippen LogP contribution in [0.2, 0.25) is 0 Å². The number of hydrogen-bond acceptors (Lipinski definition) is 4. The van der Waals surface area contributed by atoms with Gasteiger partial charge in [0.05, 0.1) is 6.54 Å². The van der Waals surface area contributed by atoms with Crippen LogP contribution in [0.15, 0.2) is 30.3 Å². The Morgan fingerprint density at radius 1 is 0.788 bits per heavy atom. The molecule has 0 aromatic heterocycles. The number of unbranched alkanes of at least 4 members (excludes halogenated alkanes) is 7. The number of hydrogen-bond donors (Lipinski definition) is 4. The zero-order valence-corrected chi connectivity index (χ0v) is 20.3. The molecule has 1 aromatic carbocycles. The summed E-state index contributed by atoms with van der Waals surface area (Å²) < 4.78 is 5.19. The van der Waals surface area contributed by atoms with E-state index >= 15 is 0 Å². The number of carbonyl (C=O) groups is 3. The molecule has 8 heteroatoms. The van der Waals surface area contributed by atoms with E-state index in [-0.39, 0.29) is 19.1 Å². The van der Waals surface area contributed by atoms with Gasteiger partial charge in [-0.15, -0.1) is 0 Å². The SMILES string of the molecule is CCCCCCCNC(=O)N[C@@H](CNC(=O)OCc1ccccc1)C(=O)NCCCCCC. The van der Waals surface area contributed by atoms with Crippen LogP contribution in [0.5, 0.6) is 0 Å². The van der Waals surface area contributed by atoms with Gasteiger partial charge in [-0.1, -0.05) is 89.1 Å². The van der Waals surface area contributed by atoms with Crippen LogP contribution in [0.1, 0.15) is 77.2 Å². The van der Waals surface area contributed by atoms with Gasteiger partial charge >= 0.3 is 12.1 Å². The van der Waals surface area contributed by atoms with Crippen LogP contribution < -0.4 is 21.3 Å². The Morgan fingerprint density at radius 2 is 1.39 bits per heavy atom. The molecule has 0 spiro atoms. The van der Waals surface area contributed by atoms with Crippen molar-refractivity contribution >= 4 is 18.0 Å². The van der Waals surface area contributed by atoms with Crippen LogP contribution in [0.25, 0.3) is 0 Å². The van der Waals surface area contributed by atoms with Gasteiger partial charge in [0.15, 0.2) is 0 Å². The van der Waals surface area contributed by atoms with E-state index in [4.69, 9.17) is 4.74 Å². The maximum Gasteiger partial charge on any atom is 0.407 e. The summed E-state index contributed by atoms with van der Waals surface area (Å²) in [5.74, 6) is -0.326. The average Bonchev–Trinajstić information content (AvgIpc) is 2.83. The summed E-state index contributed by atoms with van der Waals surface area (Å²) in [6.07, 6.45) is 8.98.